The lowest BCUT2D eigenvalue weighted by atomic mass is 10.1. The first kappa shape index (κ1) is 11.4. The summed E-state index contributed by atoms with van der Waals surface area (Å²) in [7, 11) is 0. The van der Waals surface area contributed by atoms with Crippen LogP contribution in [0.2, 0.25) is 0 Å². The molecule has 3 rings (SSSR count). The molecule has 1 aliphatic heterocycles. The Kier molecular flexibility index (Phi) is 2.89. The normalized spacial score (nSPS) is 14.7. The highest BCUT2D eigenvalue weighted by Gasteiger charge is 2.19. The van der Waals surface area contributed by atoms with Gasteiger partial charge in [-0.2, -0.15) is 0 Å². The van der Waals surface area contributed by atoms with E-state index in [1.807, 2.05) is 6.07 Å². The number of thiophene rings is 1. The Labute approximate surface area is 109 Å². The van der Waals surface area contributed by atoms with Crippen LogP contribution in [0.15, 0.2) is 36.4 Å². The molecule has 3 nitrogen and oxygen atoms in total. The van der Waals surface area contributed by atoms with Crippen molar-refractivity contribution >= 4 is 17.3 Å². The van der Waals surface area contributed by atoms with Gasteiger partial charge in [0.25, 0.3) is 0 Å². The molecule has 1 aromatic heterocycles. The number of rotatable bonds is 3. The standard InChI is InChI=1S/C14H13NO2S/c16-14(17)13-6-5-12(18-13)9-15-7-10-3-1-2-4-11(10)8-15/h1-6H,7-9H2,(H,16,17). The average molecular weight is 259 g/mol. The summed E-state index contributed by atoms with van der Waals surface area (Å²) in [5, 5.41) is 8.90. The van der Waals surface area contributed by atoms with E-state index >= 15 is 0 Å². The summed E-state index contributed by atoms with van der Waals surface area (Å²) < 4.78 is 0. The fraction of sp³-hybridized carbons (Fsp3) is 0.214. The number of hydrogen-bond acceptors (Lipinski definition) is 3. The van der Waals surface area contributed by atoms with Crippen LogP contribution in [-0.4, -0.2) is 16.0 Å². The summed E-state index contributed by atoms with van der Waals surface area (Å²) in [5.41, 5.74) is 2.76. The predicted molar refractivity (Wildman–Crippen MR) is 70.7 cm³/mol. The third-order valence-corrected chi connectivity index (χ3v) is 4.22. The average Bonchev–Trinajstić information content (AvgIpc) is 2.94. The van der Waals surface area contributed by atoms with Crippen molar-refractivity contribution in [2.45, 2.75) is 19.6 Å². The first-order chi connectivity index (χ1) is 8.72. The second kappa shape index (κ2) is 4.55. The molecule has 0 fully saturated rings. The summed E-state index contributed by atoms with van der Waals surface area (Å²) in [6, 6.07) is 12.0. The number of nitrogens with zero attached hydrogens (tertiary/aromatic N) is 1. The van der Waals surface area contributed by atoms with Crippen LogP contribution < -0.4 is 0 Å². The number of hydrogen-bond donors (Lipinski definition) is 1. The van der Waals surface area contributed by atoms with Crippen molar-refractivity contribution in [2.75, 3.05) is 0 Å². The van der Waals surface area contributed by atoms with Gasteiger partial charge in [0.2, 0.25) is 0 Å². The Bertz CT molecular complexity index is 566. The van der Waals surface area contributed by atoms with E-state index in [1.165, 1.54) is 22.5 Å². The Hall–Kier alpha value is -1.65. The van der Waals surface area contributed by atoms with Crippen LogP contribution in [0.1, 0.15) is 25.7 Å². The molecule has 2 aromatic rings. The van der Waals surface area contributed by atoms with Crippen LogP contribution in [0.5, 0.6) is 0 Å². The van der Waals surface area contributed by atoms with Crippen LogP contribution in [0, 0.1) is 0 Å². The second-order valence-corrected chi connectivity index (χ2v) is 5.65. The quantitative estimate of drug-likeness (QED) is 0.921. The minimum absolute atomic E-state index is 0.418. The van der Waals surface area contributed by atoms with Gasteiger partial charge in [-0.3, -0.25) is 4.90 Å². The van der Waals surface area contributed by atoms with E-state index in [0.29, 0.717) is 4.88 Å². The first-order valence-electron chi connectivity index (χ1n) is 5.83. The molecule has 0 aliphatic carbocycles. The number of carbonyl (C=O) groups is 1. The SMILES string of the molecule is O=C(O)c1ccc(CN2Cc3ccccc3C2)s1. The first-order valence-corrected chi connectivity index (χ1v) is 6.65. The molecule has 1 aliphatic rings. The van der Waals surface area contributed by atoms with E-state index in [-0.39, 0.29) is 0 Å². The van der Waals surface area contributed by atoms with Gasteiger partial charge in [0.05, 0.1) is 0 Å². The molecule has 1 N–H and O–H groups in total. The maximum absolute atomic E-state index is 10.8. The molecule has 0 unspecified atom stereocenters. The fourth-order valence-corrected chi connectivity index (χ4v) is 3.20. The second-order valence-electron chi connectivity index (χ2n) is 4.48. The summed E-state index contributed by atoms with van der Waals surface area (Å²) in [4.78, 5) is 14.7. The number of aromatic carboxylic acids is 1. The van der Waals surface area contributed by atoms with Crippen LogP contribution >= 0.6 is 11.3 Å². The van der Waals surface area contributed by atoms with Crippen LogP contribution in [-0.2, 0) is 19.6 Å². The molecule has 18 heavy (non-hydrogen) atoms. The topological polar surface area (TPSA) is 40.5 Å². The zero-order chi connectivity index (χ0) is 12.5. The molecule has 0 spiro atoms. The van der Waals surface area contributed by atoms with Gasteiger partial charge < -0.3 is 5.11 Å². The molecule has 0 saturated carbocycles. The number of benzene rings is 1. The van der Waals surface area contributed by atoms with Crippen molar-refractivity contribution in [1.82, 2.24) is 4.90 Å². The summed E-state index contributed by atoms with van der Waals surface area (Å²) >= 11 is 1.37. The van der Waals surface area contributed by atoms with Crippen molar-refractivity contribution in [1.29, 1.82) is 0 Å². The van der Waals surface area contributed by atoms with E-state index < -0.39 is 5.97 Å². The highest BCUT2D eigenvalue weighted by molar-refractivity contribution is 7.13. The smallest absolute Gasteiger partial charge is 0.345 e. The molecule has 2 heterocycles. The molecular weight excluding hydrogens is 246 g/mol. The third kappa shape index (κ3) is 2.17. The van der Waals surface area contributed by atoms with E-state index in [1.54, 1.807) is 6.07 Å². The maximum atomic E-state index is 10.8. The largest absolute Gasteiger partial charge is 0.477 e. The zero-order valence-electron chi connectivity index (χ0n) is 9.80. The lowest BCUT2D eigenvalue weighted by molar-refractivity contribution is 0.0702. The molecule has 0 bridgehead atoms. The lowest BCUT2D eigenvalue weighted by Crippen LogP contribution is -2.14. The van der Waals surface area contributed by atoms with Crippen LogP contribution in [0.3, 0.4) is 0 Å². The van der Waals surface area contributed by atoms with Crippen LogP contribution in [0.4, 0.5) is 0 Å². The van der Waals surface area contributed by atoms with Gasteiger partial charge in [0, 0.05) is 24.5 Å². The lowest BCUT2D eigenvalue weighted by Gasteiger charge is -2.12. The van der Waals surface area contributed by atoms with E-state index in [9.17, 15) is 4.79 Å². The van der Waals surface area contributed by atoms with E-state index in [0.717, 1.165) is 24.5 Å². The Morgan fingerprint density at radius 2 is 1.83 bits per heavy atom. The molecule has 0 amide bonds. The van der Waals surface area contributed by atoms with Gasteiger partial charge in [-0.25, -0.2) is 4.79 Å². The van der Waals surface area contributed by atoms with Crippen molar-refractivity contribution in [3.8, 4) is 0 Å². The maximum Gasteiger partial charge on any atom is 0.345 e. The van der Waals surface area contributed by atoms with Crippen LogP contribution in [0.25, 0.3) is 0 Å². The molecule has 92 valence electrons. The Morgan fingerprint density at radius 1 is 1.17 bits per heavy atom. The summed E-state index contributed by atoms with van der Waals surface area (Å²) in [6.45, 7) is 2.74. The number of carboxylic acids is 1. The summed E-state index contributed by atoms with van der Waals surface area (Å²) in [5.74, 6) is -0.837. The summed E-state index contributed by atoms with van der Waals surface area (Å²) in [6.07, 6.45) is 0. The minimum Gasteiger partial charge on any atom is -0.477 e. The van der Waals surface area contributed by atoms with Crippen molar-refractivity contribution in [2.24, 2.45) is 0 Å². The van der Waals surface area contributed by atoms with Gasteiger partial charge in [0.1, 0.15) is 4.88 Å². The van der Waals surface area contributed by atoms with Crippen molar-refractivity contribution in [3.05, 3.63) is 57.3 Å². The fourth-order valence-electron chi connectivity index (χ4n) is 2.31. The highest BCUT2D eigenvalue weighted by Crippen LogP contribution is 2.26. The van der Waals surface area contributed by atoms with E-state index in [2.05, 4.69) is 29.2 Å². The van der Waals surface area contributed by atoms with Gasteiger partial charge in [-0.05, 0) is 23.3 Å². The van der Waals surface area contributed by atoms with Gasteiger partial charge in [0.15, 0.2) is 0 Å². The Balaban J connectivity index is 1.70. The third-order valence-electron chi connectivity index (χ3n) is 3.16. The van der Waals surface area contributed by atoms with Gasteiger partial charge in [-0.15, -0.1) is 11.3 Å². The van der Waals surface area contributed by atoms with Gasteiger partial charge in [-0.1, -0.05) is 24.3 Å². The molecule has 0 radical (unpaired) electrons. The molecule has 0 atom stereocenters. The van der Waals surface area contributed by atoms with Crippen molar-refractivity contribution in [3.63, 3.8) is 0 Å². The molecule has 4 heteroatoms. The zero-order valence-corrected chi connectivity index (χ0v) is 10.6. The molecule has 0 saturated heterocycles. The highest BCUT2D eigenvalue weighted by atomic mass is 32.1. The molecular formula is C14H13NO2S. The Morgan fingerprint density at radius 3 is 2.39 bits per heavy atom. The predicted octanol–water partition coefficient (Wildman–Crippen LogP) is 2.96. The minimum atomic E-state index is -0.837. The number of carboxylic acid groups (broad SMARTS) is 1. The number of fused-ring (bicyclic) bond motifs is 1. The molecule has 1 aromatic carbocycles. The van der Waals surface area contributed by atoms with E-state index in [4.69, 9.17) is 5.11 Å². The van der Waals surface area contributed by atoms with Gasteiger partial charge >= 0.3 is 5.97 Å². The monoisotopic (exact) mass is 259 g/mol. The van der Waals surface area contributed by atoms with Crippen molar-refractivity contribution < 1.29 is 9.90 Å².